The Morgan fingerprint density at radius 2 is 1.97 bits per heavy atom. The summed E-state index contributed by atoms with van der Waals surface area (Å²) in [5.74, 6) is 1.41. The van der Waals surface area contributed by atoms with Gasteiger partial charge in [-0.15, -0.1) is 35.3 Å². The number of halogens is 1. The molecule has 29 heavy (non-hydrogen) atoms. The second-order valence-corrected chi connectivity index (χ2v) is 8.65. The molecule has 2 aromatic rings. The molecule has 1 aromatic carbocycles. The maximum Gasteiger partial charge on any atom is 0.191 e. The van der Waals surface area contributed by atoms with Gasteiger partial charge < -0.3 is 10.6 Å². The molecule has 0 spiro atoms. The van der Waals surface area contributed by atoms with E-state index in [1.54, 1.807) is 11.3 Å². The van der Waals surface area contributed by atoms with E-state index in [4.69, 9.17) is 4.98 Å². The van der Waals surface area contributed by atoms with Gasteiger partial charge in [0.15, 0.2) is 5.96 Å². The predicted molar refractivity (Wildman–Crippen MR) is 135 cm³/mol. The van der Waals surface area contributed by atoms with Crippen molar-refractivity contribution in [1.82, 2.24) is 20.5 Å². The maximum atomic E-state index is 4.70. The molecule has 0 atom stereocenters. The standard InChI is InChI=1S/C22H33N5S.HI/c1-17(2)21-25-20(16-28-21)9-12-24-22(23-3)26-19-10-13-27(14-11-19)15-18-7-5-4-6-8-18;/h4-8,16-17,19H,9-15H2,1-3H3,(H2,23,24,26);1H. The minimum Gasteiger partial charge on any atom is -0.356 e. The van der Waals surface area contributed by atoms with Crippen LogP contribution in [0, 0.1) is 0 Å². The molecule has 1 aromatic heterocycles. The molecule has 0 aliphatic carbocycles. The molecule has 1 saturated heterocycles. The van der Waals surface area contributed by atoms with Crippen molar-refractivity contribution in [2.45, 2.75) is 51.6 Å². The largest absolute Gasteiger partial charge is 0.356 e. The fraction of sp³-hybridized carbons (Fsp3) is 0.545. The molecule has 2 heterocycles. The third kappa shape index (κ3) is 7.86. The van der Waals surface area contributed by atoms with Crippen LogP contribution in [0.25, 0.3) is 0 Å². The van der Waals surface area contributed by atoms with Gasteiger partial charge in [0.25, 0.3) is 0 Å². The van der Waals surface area contributed by atoms with Crippen molar-refractivity contribution in [3.8, 4) is 0 Å². The number of piperidine rings is 1. The number of likely N-dealkylation sites (tertiary alicyclic amines) is 1. The van der Waals surface area contributed by atoms with Crippen LogP contribution in [0.5, 0.6) is 0 Å². The van der Waals surface area contributed by atoms with E-state index in [0.717, 1.165) is 51.4 Å². The van der Waals surface area contributed by atoms with E-state index in [1.807, 2.05) is 7.05 Å². The first-order chi connectivity index (χ1) is 13.6. The van der Waals surface area contributed by atoms with E-state index in [2.05, 4.69) is 70.1 Å². The van der Waals surface area contributed by atoms with Gasteiger partial charge >= 0.3 is 0 Å². The summed E-state index contributed by atoms with van der Waals surface area (Å²) in [5.41, 5.74) is 2.57. The van der Waals surface area contributed by atoms with Crippen LogP contribution in [0.15, 0.2) is 40.7 Å². The Kier molecular flexibility index (Phi) is 10.4. The summed E-state index contributed by atoms with van der Waals surface area (Å²) >= 11 is 1.76. The Balaban J connectivity index is 0.00000300. The Labute approximate surface area is 196 Å². The smallest absolute Gasteiger partial charge is 0.191 e. The lowest BCUT2D eigenvalue weighted by molar-refractivity contribution is 0.198. The fourth-order valence-corrected chi connectivity index (χ4v) is 4.35. The lowest BCUT2D eigenvalue weighted by Gasteiger charge is -2.33. The van der Waals surface area contributed by atoms with Crippen molar-refractivity contribution in [1.29, 1.82) is 0 Å². The maximum absolute atomic E-state index is 4.70. The second-order valence-electron chi connectivity index (χ2n) is 7.76. The molecule has 2 N–H and O–H groups in total. The van der Waals surface area contributed by atoms with Crippen LogP contribution in [0.1, 0.15) is 48.9 Å². The molecular formula is C22H34IN5S. The molecule has 0 bridgehead atoms. The highest BCUT2D eigenvalue weighted by Crippen LogP contribution is 2.19. The number of nitrogens with one attached hydrogen (secondary N) is 2. The first-order valence-corrected chi connectivity index (χ1v) is 11.2. The molecule has 7 heteroatoms. The first kappa shape index (κ1) is 24.1. The van der Waals surface area contributed by atoms with Gasteiger partial charge in [0.1, 0.15) is 0 Å². The van der Waals surface area contributed by atoms with E-state index in [0.29, 0.717) is 12.0 Å². The topological polar surface area (TPSA) is 52.6 Å². The lowest BCUT2D eigenvalue weighted by atomic mass is 10.0. The third-order valence-corrected chi connectivity index (χ3v) is 6.33. The Bertz CT molecular complexity index is 739. The van der Waals surface area contributed by atoms with E-state index in [1.165, 1.54) is 16.3 Å². The first-order valence-electron chi connectivity index (χ1n) is 10.3. The summed E-state index contributed by atoms with van der Waals surface area (Å²) in [7, 11) is 1.85. The molecule has 1 fully saturated rings. The summed E-state index contributed by atoms with van der Waals surface area (Å²) < 4.78 is 0. The number of guanidine groups is 1. The van der Waals surface area contributed by atoms with Crippen LogP contribution in [0.4, 0.5) is 0 Å². The molecule has 0 saturated carbocycles. The Hall–Kier alpha value is -1.19. The van der Waals surface area contributed by atoms with E-state index in [-0.39, 0.29) is 24.0 Å². The van der Waals surface area contributed by atoms with Crippen molar-refractivity contribution in [3.05, 3.63) is 52.0 Å². The average Bonchev–Trinajstić information content (AvgIpc) is 3.19. The lowest BCUT2D eigenvalue weighted by Crippen LogP contribution is -2.48. The highest BCUT2D eigenvalue weighted by atomic mass is 127. The number of aromatic nitrogens is 1. The fourth-order valence-electron chi connectivity index (χ4n) is 3.48. The van der Waals surface area contributed by atoms with Crippen LogP contribution in [-0.4, -0.2) is 48.6 Å². The molecule has 160 valence electrons. The summed E-state index contributed by atoms with van der Waals surface area (Å²) in [6.07, 6.45) is 3.23. The van der Waals surface area contributed by atoms with E-state index >= 15 is 0 Å². The normalized spacial score (nSPS) is 15.9. The molecule has 0 radical (unpaired) electrons. The number of benzene rings is 1. The minimum absolute atomic E-state index is 0. The summed E-state index contributed by atoms with van der Waals surface area (Å²) in [4.78, 5) is 11.6. The van der Waals surface area contributed by atoms with Crippen molar-refractivity contribution in [2.75, 3.05) is 26.7 Å². The van der Waals surface area contributed by atoms with Crippen LogP contribution >= 0.6 is 35.3 Å². The second kappa shape index (κ2) is 12.5. The SMILES string of the molecule is CN=C(NCCc1csc(C(C)C)n1)NC1CCN(Cc2ccccc2)CC1.I. The van der Waals surface area contributed by atoms with Gasteiger partial charge in [-0.2, -0.15) is 0 Å². The number of hydrogen-bond acceptors (Lipinski definition) is 4. The van der Waals surface area contributed by atoms with Crippen LogP contribution < -0.4 is 10.6 Å². The molecule has 5 nitrogen and oxygen atoms in total. The average molecular weight is 528 g/mol. The van der Waals surface area contributed by atoms with Crippen molar-refractivity contribution >= 4 is 41.3 Å². The van der Waals surface area contributed by atoms with Crippen molar-refractivity contribution < 1.29 is 0 Å². The van der Waals surface area contributed by atoms with Crippen LogP contribution in [0.3, 0.4) is 0 Å². The highest BCUT2D eigenvalue weighted by Gasteiger charge is 2.20. The zero-order valence-electron chi connectivity index (χ0n) is 17.7. The molecule has 1 aliphatic heterocycles. The number of rotatable bonds is 7. The van der Waals surface area contributed by atoms with Gasteiger partial charge in [-0.3, -0.25) is 9.89 Å². The number of thiazole rings is 1. The molecular weight excluding hydrogens is 493 g/mol. The molecule has 3 rings (SSSR count). The molecule has 0 unspecified atom stereocenters. The summed E-state index contributed by atoms with van der Waals surface area (Å²) in [6, 6.07) is 11.2. The Morgan fingerprint density at radius 1 is 1.24 bits per heavy atom. The molecule has 1 aliphatic rings. The van der Waals surface area contributed by atoms with Gasteiger partial charge in [-0.25, -0.2) is 4.98 Å². The van der Waals surface area contributed by atoms with E-state index < -0.39 is 0 Å². The van der Waals surface area contributed by atoms with Crippen molar-refractivity contribution in [2.24, 2.45) is 4.99 Å². The van der Waals surface area contributed by atoms with Gasteiger partial charge in [0.2, 0.25) is 0 Å². The summed E-state index contributed by atoms with van der Waals surface area (Å²) in [5, 5.41) is 10.4. The highest BCUT2D eigenvalue weighted by molar-refractivity contribution is 14.0. The number of aliphatic imine (C=N–C) groups is 1. The monoisotopic (exact) mass is 527 g/mol. The molecule has 0 amide bonds. The summed E-state index contributed by atoms with van der Waals surface area (Å²) in [6.45, 7) is 8.54. The van der Waals surface area contributed by atoms with Crippen molar-refractivity contribution in [3.63, 3.8) is 0 Å². The number of hydrogen-bond donors (Lipinski definition) is 2. The van der Waals surface area contributed by atoms with E-state index in [9.17, 15) is 0 Å². The predicted octanol–water partition coefficient (Wildman–Crippen LogP) is 4.26. The third-order valence-electron chi connectivity index (χ3n) is 5.14. The quantitative estimate of drug-likeness (QED) is 0.321. The van der Waals surface area contributed by atoms with Gasteiger partial charge in [-0.1, -0.05) is 44.2 Å². The minimum atomic E-state index is 0. The Morgan fingerprint density at radius 3 is 2.59 bits per heavy atom. The van der Waals surface area contributed by atoms with Gasteiger partial charge in [-0.05, 0) is 18.4 Å². The number of nitrogens with zero attached hydrogens (tertiary/aromatic N) is 3. The van der Waals surface area contributed by atoms with Gasteiger partial charge in [0, 0.05) is 57.0 Å². The van der Waals surface area contributed by atoms with Gasteiger partial charge in [0.05, 0.1) is 10.7 Å². The van der Waals surface area contributed by atoms with Crippen LogP contribution in [0.2, 0.25) is 0 Å². The zero-order valence-corrected chi connectivity index (χ0v) is 20.9. The zero-order chi connectivity index (χ0) is 19.8. The van der Waals surface area contributed by atoms with Crippen LogP contribution in [-0.2, 0) is 13.0 Å².